The van der Waals surface area contributed by atoms with Crippen LogP contribution in [0, 0.1) is 24.0 Å². The van der Waals surface area contributed by atoms with E-state index in [0.717, 1.165) is 11.1 Å². The van der Waals surface area contributed by atoms with E-state index in [-0.39, 0.29) is 11.4 Å². The Balaban J connectivity index is 3.32. The molecule has 100 valence electrons. The van der Waals surface area contributed by atoms with Crippen LogP contribution in [0.15, 0.2) is 12.1 Å². The van der Waals surface area contributed by atoms with Crippen LogP contribution in [0.4, 0.5) is 11.4 Å². The van der Waals surface area contributed by atoms with Gasteiger partial charge in [-0.25, -0.2) is 8.42 Å². The average Bonchev–Trinajstić information content (AvgIpc) is 2.22. The summed E-state index contributed by atoms with van der Waals surface area (Å²) in [5.74, 6) is 0. The van der Waals surface area contributed by atoms with Gasteiger partial charge in [-0.15, -0.1) is 0 Å². The van der Waals surface area contributed by atoms with Gasteiger partial charge in [0.05, 0.1) is 10.2 Å². The number of hydrogen-bond acceptors (Lipinski definition) is 4. The molecule has 7 heteroatoms. The number of nitro benzene ring substituents is 1. The van der Waals surface area contributed by atoms with Gasteiger partial charge in [-0.2, -0.15) is 0 Å². The first-order valence-corrected chi connectivity index (χ1v) is 6.97. The molecule has 0 radical (unpaired) electrons. The van der Waals surface area contributed by atoms with Crippen LogP contribution < -0.4 is 4.72 Å². The predicted octanol–water partition coefficient (Wildman–Crippen LogP) is 2.36. The summed E-state index contributed by atoms with van der Waals surface area (Å²) in [6.07, 6.45) is 0. The van der Waals surface area contributed by atoms with Crippen LogP contribution in [-0.2, 0) is 10.0 Å². The molecular weight excluding hydrogens is 256 g/mol. The van der Waals surface area contributed by atoms with Crippen LogP contribution in [0.2, 0.25) is 0 Å². The van der Waals surface area contributed by atoms with Gasteiger partial charge in [-0.1, -0.05) is 0 Å². The van der Waals surface area contributed by atoms with Gasteiger partial charge < -0.3 is 0 Å². The Morgan fingerprint density at radius 1 is 1.22 bits per heavy atom. The molecule has 0 atom stereocenters. The summed E-state index contributed by atoms with van der Waals surface area (Å²) >= 11 is 0. The van der Waals surface area contributed by atoms with Crippen molar-refractivity contribution in [1.29, 1.82) is 0 Å². The van der Waals surface area contributed by atoms with E-state index < -0.39 is 20.2 Å². The van der Waals surface area contributed by atoms with Gasteiger partial charge in [0.2, 0.25) is 10.0 Å². The monoisotopic (exact) mass is 272 g/mol. The SMILES string of the molecule is Cc1cc(NS(=O)(=O)C(C)C)c([N+](=O)[O-])cc1C. The minimum absolute atomic E-state index is 0.0109. The number of rotatable bonds is 4. The summed E-state index contributed by atoms with van der Waals surface area (Å²) in [5.41, 5.74) is 1.32. The quantitative estimate of drug-likeness (QED) is 0.673. The predicted molar refractivity (Wildman–Crippen MR) is 70.2 cm³/mol. The Morgan fingerprint density at radius 3 is 2.17 bits per heavy atom. The molecule has 0 aliphatic carbocycles. The average molecular weight is 272 g/mol. The highest BCUT2D eigenvalue weighted by atomic mass is 32.2. The molecule has 1 N–H and O–H groups in total. The minimum Gasteiger partial charge on any atom is -0.277 e. The first kappa shape index (κ1) is 14.4. The zero-order valence-corrected chi connectivity index (χ0v) is 11.5. The fourth-order valence-corrected chi connectivity index (χ4v) is 2.01. The Kier molecular flexibility index (Phi) is 3.95. The van der Waals surface area contributed by atoms with E-state index in [0.29, 0.717) is 0 Å². The van der Waals surface area contributed by atoms with Gasteiger partial charge in [0.25, 0.3) is 5.69 Å². The molecule has 6 nitrogen and oxygen atoms in total. The molecule has 1 rings (SSSR count). The van der Waals surface area contributed by atoms with Gasteiger partial charge in [0.1, 0.15) is 5.69 Å². The Bertz CT molecular complexity index is 579. The Labute approximate surface area is 106 Å². The van der Waals surface area contributed by atoms with E-state index in [1.54, 1.807) is 13.8 Å². The summed E-state index contributed by atoms with van der Waals surface area (Å²) in [6.45, 7) is 6.53. The topological polar surface area (TPSA) is 89.3 Å². The van der Waals surface area contributed by atoms with Crippen molar-refractivity contribution in [3.05, 3.63) is 33.4 Å². The van der Waals surface area contributed by atoms with Gasteiger partial charge in [-0.3, -0.25) is 14.8 Å². The number of aryl methyl sites for hydroxylation is 2. The van der Waals surface area contributed by atoms with Crippen LogP contribution in [0.3, 0.4) is 0 Å². The van der Waals surface area contributed by atoms with Crippen LogP contribution in [-0.4, -0.2) is 18.6 Å². The number of nitrogens with one attached hydrogen (secondary N) is 1. The lowest BCUT2D eigenvalue weighted by Crippen LogP contribution is -2.23. The number of nitro groups is 1. The van der Waals surface area contributed by atoms with Gasteiger partial charge in [0.15, 0.2) is 0 Å². The summed E-state index contributed by atoms with van der Waals surface area (Å²) in [6, 6.07) is 2.85. The van der Waals surface area contributed by atoms with Crippen LogP contribution in [0.25, 0.3) is 0 Å². The summed E-state index contributed by atoms with van der Waals surface area (Å²) in [7, 11) is -3.59. The molecule has 1 aromatic carbocycles. The normalized spacial score (nSPS) is 11.6. The van der Waals surface area contributed by atoms with Crippen LogP contribution in [0.1, 0.15) is 25.0 Å². The summed E-state index contributed by atoms with van der Waals surface area (Å²) in [5, 5.41) is 10.3. The molecule has 1 aromatic rings. The second-order valence-corrected chi connectivity index (χ2v) is 6.64. The zero-order chi connectivity index (χ0) is 14.1. The smallest absolute Gasteiger partial charge is 0.277 e. The first-order valence-electron chi connectivity index (χ1n) is 5.42. The maximum absolute atomic E-state index is 11.7. The Morgan fingerprint density at radius 2 is 1.72 bits per heavy atom. The second kappa shape index (κ2) is 4.93. The highest BCUT2D eigenvalue weighted by molar-refractivity contribution is 7.93. The van der Waals surface area contributed by atoms with E-state index in [9.17, 15) is 18.5 Å². The van der Waals surface area contributed by atoms with E-state index >= 15 is 0 Å². The van der Waals surface area contributed by atoms with Crippen molar-refractivity contribution in [3.8, 4) is 0 Å². The lowest BCUT2D eigenvalue weighted by molar-refractivity contribution is -0.383. The highest BCUT2D eigenvalue weighted by Gasteiger charge is 2.22. The molecule has 0 fully saturated rings. The van der Waals surface area contributed by atoms with E-state index in [1.807, 2.05) is 0 Å². The molecule has 0 aliphatic heterocycles. The molecule has 0 saturated carbocycles. The van der Waals surface area contributed by atoms with E-state index in [2.05, 4.69) is 4.72 Å². The van der Waals surface area contributed by atoms with E-state index in [4.69, 9.17) is 0 Å². The number of anilines is 1. The molecule has 0 aromatic heterocycles. The molecule has 0 unspecified atom stereocenters. The van der Waals surface area contributed by atoms with Crippen molar-refractivity contribution in [2.24, 2.45) is 0 Å². The first-order chi connectivity index (χ1) is 8.15. The van der Waals surface area contributed by atoms with Crippen molar-refractivity contribution < 1.29 is 13.3 Å². The standard InChI is InChI=1S/C11H16N2O4S/c1-7(2)18(16,17)12-10-5-8(3)9(4)6-11(10)13(14)15/h5-7,12H,1-4H3. The van der Waals surface area contributed by atoms with Gasteiger partial charge in [0, 0.05) is 6.07 Å². The van der Waals surface area contributed by atoms with E-state index in [1.165, 1.54) is 26.0 Å². The van der Waals surface area contributed by atoms with Crippen LogP contribution >= 0.6 is 0 Å². The molecule has 0 saturated heterocycles. The zero-order valence-electron chi connectivity index (χ0n) is 10.7. The molecule has 0 spiro atoms. The number of benzene rings is 1. The third-order valence-corrected chi connectivity index (χ3v) is 4.43. The van der Waals surface area contributed by atoms with Crippen molar-refractivity contribution in [2.75, 3.05) is 4.72 Å². The summed E-state index contributed by atoms with van der Waals surface area (Å²) in [4.78, 5) is 10.3. The lowest BCUT2D eigenvalue weighted by Gasteiger charge is -2.12. The third kappa shape index (κ3) is 2.98. The highest BCUT2D eigenvalue weighted by Crippen LogP contribution is 2.29. The number of nitrogens with zero attached hydrogens (tertiary/aromatic N) is 1. The maximum atomic E-state index is 11.7. The molecule has 18 heavy (non-hydrogen) atoms. The summed E-state index contributed by atoms with van der Waals surface area (Å²) < 4.78 is 25.7. The van der Waals surface area contributed by atoms with Crippen molar-refractivity contribution in [1.82, 2.24) is 0 Å². The second-order valence-electron chi connectivity index (χ2n) is 4.41. The number of hydrogen-bond donors (Lipinski definition) is 1. The fourth-order valence-electron chi connectivity index (χ4n) is 1.30. The van der Waals surface area contributed by atoms with Crippen molar-refractivity contribution >= 4 is 21.4 Å². The van der Waals surface area contributed by atoms with Gasteiger partial charge in [-0.05, 0) is 44.9 Å². The van der Waals surface area contributed by atoms with Crippen molar-refractivity contribution in [3.63, 3.8) is 0 Å². The molecule has 0 aliphatic rings. The minimum atomic E-state index is -3.59. The molecule has 0 amide bonds. The molecule has 0 bridgehead atoms. The third-order valence-electron chi connectivity index (χ3n) is 2.68. The van der Waals surface area contributed by atoms with Gasteiger partial charge >= 0.3 is 0 Å². The largest absolute Gasteiger partial charge is 0.293 e. The van der Waals surface area contributed by atoms with Crippen molar-refractivity contribution in [2.45, 2.75) is 32.9 Å². The maximum Gasteiger partial charge on any atom is 0.293 e. The van der Waals surface area contributed by atoms with Crippen LogP contribution in [0.5, 0.6) is 0 Å². The number of sulfonamides is 1. The fraction of sp³-hybridized carbons (Fsp3) is 0.455. The molecular formula is C11H16N2O4S. The lowest BCUT2D eigenvalue weighted by atomic mass is 10.1. The Hall–Kier alpha value is -1.63. The molecule has 0 heterocycles.